The predicted molar refractivity (Wildman–Crippen MR) is 510 cm³/mol. The van der Waals surface area contributed by atoms with Gasteiger partial charge in [-0.05, 0) is 171 Å². The molecule has 0 saturated heterocycles. The molecule has 0 aliphatic rings. The Bertz CT molecular complexity index is 8700. The van der Waals surface area contributed by atoms with Gasteiger partial charge in [0.05, 0.1) is 71.1 Å². The van der Waals surface area contributed by atoms with Crippen molar-refractivity contribution in [1.29, 1.82) is 0 Å². The van der Waals surface area contributed by atoms with Gasteiger partial charge in [0.2, 0.25) is 0 Å². The van der Waals surface area contributed by atoms with E-state index in [1.54, 1.807) is 11.3 Å². The Kier molecular flexibility index (Phi) is 14.1. The molecule has 0 N–H and O–H groups in total. The topological polar surface area (TPSA) is 83.4 Å². The molecule has 0 saturated carbocycles. The summed E-state index contributed by atoms with van der Waals surface area (Å²) < 4.78 is 18.7. The highest BCUT2D eigenvalue weighted by molar-refractivity contribution is 7.26. The summed E-state index contributed by atoms with van der Waals surface area (Å²) in [6, 6.07) is 140. The van der Waals surface area contributed by atoms with Crippen LogP contribution in [0.25, 0.3) is 263 Å². The van der Waals surface area contributed by atoms with Crippen molar-refractivity contribution >= 4 is 195 Å². The van der Waals surface area contributed by atoms with Gasteiger partial charge in [-0.15, -0.1) is 11.3 Å². The minimum atomic E-state index is 0.653. The maximum atomic E-state index is 6.49. The molecule has 28 rings (SSSR count). The molecule has 18 aromatic carbocycles. The molecule has 10 heterocycles. The summed E-state index contributed by atoms with van der Waals surface area (Å²) in [5.41, 5.74) is 28.1. The van der Waals surface area contributed by atoms with Gasteiger partial charge < -0.3 is 22.4 Å². The van der Waals surface area contributed by atoms with E-state index in [9.17, 15) is 0 Å². The third-order valence-corrected chi connectivity index (χ3v) is 26.8. The number of aromatic nitrogens is 8. The van der Waals surface area contributed by atoms with Crippen LogP contribution in [0, 0.1) is 0 Å². The Morgan fingerprint density at radius 3 is 1.10 bits per heavy atom. The van der Waals surface area contributed by atoms with E-state index in [2.05, 4.69) is 382 Å². The van der Waals surface area contributed by atoms with Gasteiger partial charge in [0.15, 0.2) is 17.2 Å². The number of benzene rings is 18. The van der Waals surface area contributed by atoms with Crippen LogP contribution in [0.2, 0.25) is 0 Å². The quantitative estimate of drug-likeness (QED) is 0.151. The second kappa shape index (κ2) is 25.7. The summed E-state index contributed by atoms with van der Waals surface area (Å²) in [5, 5.41) is 22.3. The van der Waals surface area contributed by atoms with Gasteiger partial charge in [0.25, 0.3) is 0 Å². The SMILES string of the molecule is c1ccc(-c2ccc(-c3nc(-c4ccc(-n5c6cc7ccccc7cc6c6c7c8ccccc8n8c9ccccc9c(cc65)c78)cc4)nc4c3oc3ccccc34)cc2)cc1.c1ccc(-c2ccc(-c3nc(-c4ccc(-n5c6cc7ccccc7cc6c6c7c8ccccc8n8c9ccccc9c(cc65)c78)cc4)nc4c3sc3ccccc34)cc2)cc1. The average Bonchev–Trinajstić information content (AvgIpc) is 1.52. The molecule has 0 fully saturated rings. The van der Waals surface area contributed by atoms with Crippen LogP contribution in [0.4, 0.5) is 0 Å². The van der Waals surface area contributed by atoms with E-state index in [0.717, 1.165) is 88.5 Å². The molecule has 0 spiro atoms. The van der Waals surface area contributed by atoms with E-state index >= 15 is 0 Å². The number of nitrogens with zero attached hydrogens (tertiary/aromatic N) is 8. The number of hydrogen-bond donors (Lipinski definition) is 0. The summed E-state index contributed by atoms with van der Waals surface area (Å²) in [7, 11) is 0. The van der Waals surface area contributed by atoms with Crippen molar-refractivity contribution in [3.05, 3.63) is 388 Å². The Morgan fingerprint density at radius 2 is 0.598 bits per heavy atom. The molecular weight excluding hydrogens is 1510 g/mol. The van der Waals surface area contributed by atoms with Crippen molar-refractivity contribution in [1.82, 2.24) is 37.9 Å². The highest BCUT2D eigenvalue weighted by Crippen LogP contribution is 2.51. The molecule has 28 aromatic rings. The number of furan rings is 1. The van der Waals surface area contributed by atoms with Crippen LogP contribution < -0.4 is 0 Å². The van der Waals surface area contributed by atoms with Crippen molar-refractivity contribution < 1.29 is 4.42 Å². The van der Waals surface area contributed by atoms with E-state index < -0.39 is 0 Å². The molecule has 10 heteroatoms. The molecule has 0 unspecified atom stereocenters. The number of para-hydroxylation sites is 5. The second-order valence-electron chi connectivity index (χ2n) is 32.3. The monoisotopic (exact) mass is 1570 g/mol. The van der Waals surface area contributed by atoms with E-state index in [1.807, 2.05) is 24.3 Å². The molecule has 564 valence electrons. The van der Waals surface area contributed by atoms with E-state index in [4.69, 9.17) is 24.4 Å². The Balaban J connectivity index is 0.000000128. The molecule has 0 aliphatic carbocycles. The summed E-state index contributed by atoms with van der Waals surface area (Å²) in [5.74, 6) is 1.37. The molecule has 10 aromatic heterocycles. The zero-order chi connectivity index (χ0) is 79.5. The number of hydrogen-bond acceptors (Lipinski definition) is 6. The molecule has 0 amide bonds. The molecule has 0 bridgehead atoms. The van der Waals surface area contributed by atoms with E-state index in [1.165, 1.54) is 163 Å². The summed E-state index contributed by atoms with van der Waals surface area (Å²) in [6.45, 7) is 0. The third kappa shape index (κ3) is 9.74. The zero-order valence-corrected chi connectivity index (χ0v) is 66.2. The van der Waals surface area contributed by atoms with E-state index in [-0.39, 0.29) is 0 Å². The standard InChI is InChI=1S/C56H32N4O.C56H32N4S/c2*1-2-12-33(13-3-1)34-22-24-35(25-23-34)52-55-53(42-18-8-11-21-49(42)61-55)58-56(57-52)36-26-28-39(29-27-36)59-47-31-38-15-5-4-14-37(38)30-44(47)50-48(59)32-43-40-16-6-9-19-45(40)60-46-20-10-7-17-41(46)51(50)54(43)60/h2*1-32H. The van der Waals surface area contributed by atoms with Crippen molar-refractivity contribution in [2.75, 3.05) is 0 Å². The normalized spacial score (nSPS) is 12.3. The Labute approximate surface area is 699 Å². The van der Waals surface area contributed by atoms with Crippen molar-refractivity contribution in [2.24, 2.45) is 0 Å². The molecular formula is C112H64N8OS. The predicted octanol–water partition coefficient (Wildman–Crippen LogP) is 30.0. The minimum absolute atomic E-state index is 0.653. The first-order valence-electron chi connectivity index (χ1n) is 41.5. The van der Waals surface area contributed by atoms with Crippen molar-refractivity contribution in [3.63, 3.8) is 0 Å². The maximum Gasteiger partial charge on any atom is 0.180 e. The second-order valence-corrected chi connectivity index (χ2v) is 33.3. The molecule has 9 nitrogen and oxygen atoms in total. The minimum Gasteiger partial charge on any atom is -0.452 e. The zero-order valence-electron chi connectivity index (χ0n) is 65.3. The van der Waals surface area contributed by atoms with Gasteiger partial charge >= 0.3 is 0 Å². The van der Waals surface area contributed by atoms with Gasteiger partial charge in [-0.1, -0.05) is 261 Å². The van der Waals surface area contributed by atoms with Crippen LogP contribution in [0.5, 0.6) is 0 Å². The number of fused-ring (bicyclic) bond motifs is 28. The highest BCUT2D eigenvalue weighted by Gasteiger charge is 2.29. The maximum absolute atomic E-state index is 6.49. The molecule has 0 aliphatic heterocycles. The molecule has 0 radical (unpaired) electrons. The fourth-order valence-electron chi connectivity index (χ4n) is 20.2. The third-order valence-electron chi connectivity index (χ3n) is 25.7. The smallest absolute Gasteiger partial charge is 0.180 e. The first kappa shape index (κ1) is 66.9. The van der Waals surface area contributed by atoms with Crippen LogP contribution >= 0.6 is 11.3 Å². The first-order valence-corrected chi connectivity index (χ1v) is 42.3. The van der Waals surface area contributed by atoms with Crippen LogP contribution in [-0.2, 0) is 0 Å². The van der Waals surface area contributed by atoms with Gasteiger partial charge in [0, 0.05) is 114 Å². The largest absolute Gasteiger partial charge is 0.452 e. The first-order chi connectivity index (χ1) is 60.5. The average molecular weight is 1570 g/mol. The van der Waals surface area contributed by atoms with Gasteiger partial charge in [0.1, 0.15) is 16.8 Å². The van der Waals surface area contributed by atoms with Crippen LogP contribution in [0.1, 0.15) is 0 Å². The fourth-order valence-corrected chi connectivity index (χ4v) is 21.4. The lowest BCUT2D eigenvalue weighted by molar-refractivity contribution is 0.667. The van der Waals surface area contributed by atoms with E-state index in [0.29, 0.717) is 11.4 Å². The van der Waals surface area contributed by atoms with Crippen LogP contribution in [0.15, 0.2) is 393 Å². The number of thiophene rings is 1. The lowest BCUT2D eigenvalue weighted by Crippen LogP contribution is -1.96. The van der Waals surface area contributed by atoms with Gasteiger partial charge in [-0.25, -0.2) is 19.9 Å². The Morgan fingerprint density at radius 1 is 0.230 bits per heavy atom. The number of rotatable bonds is 8. The fraction of sp³-hybridized carbons (Fsp3) is 0. The lowest BCUT2D eigenvalue weighted by Gasteiger charge is -2.11. The van der Waals surface area contributed by atoms with Crippen LogP contribution in [-0.4, -0.2) is 37.9 Å². The molecule has 122 heavy (non-hydrogen) atoms. The highest BCUT2D eigenvalue weighted by atomic mass is 32.1. The summed E-state index contributed by atoms with van der Waals surface area (Å²) in [4.78, 5) is 21.1. The summed E-state index contributed by atoms with van der Waals surface area (Å²) >= 11 is 1.77. The van der Waals surface area contributed by atoms with Crippen molar-refractivity contribution in [3.8, 4) is 78.9 Å². The summed E-state index contributed by atoms with van der Waals surface area (Å²) in [6.07, 6.45) is 0. The lowest BCUT2D eigenvalue weighted by atomic mass is 10.0. The Hall–Kier alpha value is -16.1. The van der Waals surface area contributed by atoms with Gasteiger partial charge in [-0.2, -0.15) is 0 Å². The van der Waals surface area contributed by atoms with Crippen molar-refractivity contribution in [2.45, 2.75) is 0 Å². The van der Waals surface area contributed by atoms with Gasteiger partial charge in [-0.3, -0.25) is 0 Å². The molecule has 0 atom stereocenters. The van der Waals surface area contributed by atoms with Crippen LogP contribution in [0.3, 0.4) is 0 Å².